The van der Waals surface area contributed by atoms with Gasteiger partial charge in [0.2, 0.25) is 0 Å². The van der Waals surface area contributed by atoms with Crippen LogP contribution in [0, 0.1) is 0 Å². The van der Waals surface area contributed by atoms with Crippen LogP contribution < -0.4 is 11.5 Å². The number of nitrogen functional groups attached to an aromatic ring is 2. The van der Waals surface area contributed by atoms with Crippen molar-refractivity contribution in [3.63, 3.8) is 0 Å². The SMILES string of the molecule is C[N+](C)=C1C=CC(=C2C=C(c3ccc(N)cc3)[Se]C(c3ccc(N)cc3)=C2)C=C1. The summed E-state index contributed by atoms with van der Waals surface area (Å²) in [6.45, 7) is 0. The Hall–Kier alpha value is -3.07. The molecule has 1 heterocycles. The summed E-state index contributed by atoms with van der Waals surface area (Å²) in [5.41, 5.74) is 19.5. The molecular formula is C25H24N3Se+. The van der Waals surface area contributed by atoms with E-state index in [1.165, 1.54) is 36.9 Å². The molecule has 0 aromatic heterocycles. The molecule has 0 amide bonds. The van der Waals surface area contributed by atoms with Gasteiger partial charge in [0.1, 0.15) is 0 Å². The van der Waals surface area contributed by atoms with Gasteiger partial charge in [-0.25, -0.2) is 0 Å². The predicted octanol–water partition coefficient (Wildman–Crippen LogP) is 4.09. The Kier molecular flexibility index (Phi) is 5.39. The molecule has 2 aliphatic rings. The molecule has 29 heavy (non-hydrogen) atoms. The second kappa shape index (κ2) is 8.12. The van der Waals surface area contributed by atoms with Crippen molar-refractivity contribution in [1.29, 1.82) is 0 Å². The second-order valence-corrected chi connectivity index (χ2v) is 9.53. The molecule has 144 valence electrons. The number of benzene rings is 2. The molecule has 1 aliphatic carbocycles. The average Bonchev–Trinajstić information content (AvgIpc) is 2.74. The Morgan fingerprint density at radius 2 is 1.07 bits per heavy atom. The number of nitrogens with two attached hydrogens (primary N) is 2. The summed E-state index contributed by atoms with van der Waals surface area (Å²) in [6, 6.07) is 16.3. The van der Waals surface area contributed by atoms with Gasteiger partial charge < -0.3 is 0 Å². The average molecular weight is 445 g/mol. The van der Waals surface area contributed by atoms with Crippen LogP contribution in [-0.4, -0.2) is 39.3 Å². The maximum atomic E-state index is 5.90. The predicted molar refractivity (Wildman–Crippen MR) is 126 cm³/mol. The first-order chi connectivity index (χ1) is 14.0. The number of hydrogen-bond donors (Lipinski definition) is 2. The van der Waals surface area contributed by atoms with Crippen LogP contribution in [0.15, 0.2) is 96.1 Å². The van der Waals surface area contributed by atoms with Gasteiger partial charge in [-0.2, -0.15) is 0 Å². The molecule has 0 saturated heterocycles. The van der Waals surface area contributed by atoms with Crippen molar-refractivity contribution in [3.8, 4) is 0 Å². The Bertz CT molecular complexity index is 1040. The van der Waals surface area contributed by atoms with E-state index in [1.54, 1.807) is 0 Å². The Labute approximate surface area is 178 Å². The summed E-state index contributed by atoms with van der Waals surface area (Å²) < 4.78 is 4.81. The molecule has 4 heteroatoms. The van der Waals surface area contributed by atoms with Crippen molar-refractivity contribution in [2.75, 3.05) is 25.6 Å². The third-order valence-electron chi connectivity index (χ3n) is 4.90. The summed E-state index contributed by atoms with van der Waals surface area (Å²) >= 11 is 0.194. The van der Waals surface area contributed by atoms with Gasteiger partial charge in [-0.3, -0.25) is 0 Å². The quantitative estimate of drug-likeness (QED) is 0.416. The number of rotatable bonds is 2. The van der Waals surface area contributed by atoms with E-state index in [0.29, 0.717) is 0 Å². The minimum absolute atomic E-state index is 0.194. The summed E-state index contributed by atoms with van der Waals surface area (Å²) in [7, 11) is 4.12. The van der Waals surface area contributed by atoms with E-state index in [4.69, 9.17) is 11.5 Å². The van der Waals surface area contributed by atoms with Crippen LogP contribution in [0.1, 0.15) is 11.1 Å². The van der Waals surface area contributed by atoms with Crippen LogP contribution in [-0.2, 0) is 0 Å². The first-order valence-corrected chi connectivity index (χ1v) is 11.2. The fraction of sp³-hybridized carbons (Fsp3) is 0.0800. The summed E-state index contributed by atoms with van der Waals surface area (Å²) in [4.78, 5) is 0. The zero-order valence-electron chi connectivity index (χ0n) is 16.6. The van der Waals surface area contributed by atoms with E-state index < -0.39 is 0 Å². The number of anilines is 2. The molecule has 3 nitrogen and oxygen atoms in total. The molecule has 0 unspecified atom stereocenters. The van der Waals surface area contributed by atoms with Crippen LogP contribution in [0.25, 0.3) is 8.94 Å². The van der Waals surface area contributed by atoms with Gasteiger partial charge in [-0.05, 0) is 0 Å². The van der Waals surface area contributed by atoms with E-state index in [0.717, 1.165) is 11.4 Å². The molecule has 1 aliphatic heterocycles. The van der Waals surface area contributed by atoms with Crippen LogP contribution >= 0.6 is 0 Å². The van der Waals surface area contributed by atoms with E-state index in [-0.39, 0.29) is 15.0 Å². The van der Waals surface area contributed by atoms with Crippen LogP contribution in [0.5, 0.6) is 0 Å². The van der Waals surface area contributed by atoms with Crippen molar-refractivity contribution in [1.82, 2.24) is 0 Å². The Morgan fingerprint density at radius 3 is 1.48 bits per heavy atom. The van der Waals surface area contributed by atoms with Gasteiger partial charge in [0, 0.05) is 0 Å². The van der Waals surface area contributed by atoms with E-state index in [2.05, 4.69) is 79.4 Å². The molecule has 0 spiro atoms. The zero-order chi connectivity index (χ0) is 20.4. The van der Waals surface area contributed by atoms with Gasteiger partial charge in [-0.15, -0.1) is 0 Å². The Morgan fingerprint density at radius 1 is 0.621 bits per heavy atom. The monoisotopic (exact) mass is 446 g/mol. The number of nitrogens with zero attached hydrogens (tertiary/aromatic N) is 1. The van der Waals surface area contributed by atoms with Crippen molar-refractivity contribution < 1.29 is 4.58 Å². The van der Waals surface area contributed by atoms with E-state index >= 15 is 0 Å². The molecule has 4 rings (SSSR count). The zero-order valence-corrected chi connectivity index (χ0v) is 18.3. The van der Waals surface area contributed by atoms with Crippen molar-refractivity contribution >= 4 is 41.0 Å². The van der Waals surface area contributed by atoms with E-state index in [1.807, 2.05) is 24.3 Å². The third kappa shape index (κ3) is 4.34. The van der Waals surface area contributed by atoms with Gasteiger partial charge in [0.25, 0.3) is 0 Å². The summed E-state index contributed by atoms with van der Waals surface area (Å²) in [6.07, 6.45) is 13.3. The van der Waals surface area contributed by atoms with Crippen molar-refractivity contribution in [2.45, 2.75) is 0 Å². The van der Waals surface area contributed by atoms with Gasteiger partial charge in [0.05, 0.1) is 0 Å². The van der Waals surface area contributed by atoms with Crippen LogP contribution in [0.4, 0.5) is 11.4 Å². The van der Waals surface area contributed by atoms with Gasteiger partial charge in [-0.1, -0.05) is 0 Å². The topological polar surface area (TPSA) is 55.0 Å². The second-order valence-electron chi connectivity index (χ2n) is 7.26. The molecule has 0 radical (unpaired) electrons. The first kappa shape index (κ1) is 19.3. The molecule has 2 aromatic carbocycles. The first-order valence-electron chi connectivity index (χ1n) is 9.47. The van der Waals surface area contributed by atoms with Gasteiger partial charge >= 0.3 is 178 Å². The normalized spacial score (nSPS) is 16.0. The summed E-state index contributed by atoms with van der Waals surface area (Å²) in [5, 5.41) is 0. The fourth-order valence-electron chi connectivity index (χ4n) is 3.20. The van der Waals surface area contributed by atoms with E-state index in [9.17, 15) is 0 Å². The van der Waals surface area contributed by atoms with Crippen molar-refractivity contribution in [2.24, 2.45) is 0 Å². The summed E-state index contributed by atoms with van der Waals surface area (Å²) in [5.74, 6) is 0. The third-order valence-corrected chi connectivity index (χ3v) is 7.31. The minimum atomic E-state index is 0.194. The number of hydrogen-bond acceptors (Lipinski definition) is 2. The Balaban J connectivity index is 1.80. The molecule has 2 aromatic rings. The fourth-order valence-corrected chi connectivity index (χ4v) is 5.54. The van der Waals surface area contributed by atoms with Gasteiger partial charge in [0.15, 0.2) is 0 Å². The maximum absolute atomic E-state index is 5.90. The standard InChI is InChI=1S/C25H23N3Se/c1-28(2)23-13-7-17(8-14-23)20-15-24(18-3-9-21(26)10-4-18)29-25(16-20)19-5-11-22(27)12-6-19/h3-16H,1-2H3,(H3,26,27)/p+1. The molecule has 0 saturated carbocycles. The van der Waals surface area contributed by atoms with Crippen LogP contribution in [0.2, 0.25) is 0 Å². The van der Waals surface area contributed by atoms with Crippen LogP contribution in [0.3, 0.4) is 0 Å². The molecule has 4 N–H and O–H groups in total. The molecule has 0 bridgehead atoms. The van der Waals surface area contributed by atoms with Crippen molar-refractivity contribution in [3.05, 3.63) is 107 Å². The molecular weight excluding hydrogens is 421 g/mol. The molecule has 0 atom stereocenters. The number of allylic oxidation sites excluding steroid dienone is 8. The molecule has 0 fully saturated rings.